The maximum absolute atomic E-state index is 12.5. The molecule has 122 valence electrons. The third-order valence-electron chi connectivity index (χ3n) is 4.66. The quantitative estimate of drug-likeness (QED) is 0.830. The summed E-state index contributed by atoms with van der Waals surface area (Å²) in [6.45, 7) is 2.08. The minimum Gasteiger partial charge on any atom is -0.342 e. The number of aryl methyl sites for hydroxylation is 1. The van der Waals surface area contributed by atoms with Crippen LogP contribution in [0.5, 0.6) is 0 Å². The maximum atomic E-state index is 12.5. The summed E-state index contributed by atoms with van der Waals surface area (Å²) in [6.07, 6.45) is 6.51. The molecule has 0 aliphatic heterocycles. The number of hydrogen-bond acceptors (Lipinski definition) is 3. The molecule has 1 aliphatic rings. The summed E-state index contributed by atoms with van der Waals surface area (Å²) in [7, 11) is 1.95. The van der Waals surface area contributed by atoms with Gasteiger partial charge in [-0.05, 0) is 25.8 Å². The largest absolute Gasteiger partial charge is 0.342 e. The zero-order chi connectivity index (χ0) is 16.2. The van der Waals surface area contributed by atoms with E-state index in [4.69, 9.17) is 0 Å². The van der Waals surface area contributed by atoms with E-state index in [0.29, 0.717) is 12.5 Å². The molecule has 0 radical (unpaired) electrons. The molecule has 3 rings (SSSR count). The second-order valence-electron chi connectivity index (χ2n) is 6.49. The van der Waals surface area contributed by atoms with Gasteiger partial charge in [-0.2, -0.15) is 0 Å². The van der Waals surface area contributed by atoms with Gasteiger partial charge in [-0.15, -0.1) is 11.3 Å². The number of nitrogens with zero attached hydrogens (tertiary/aromatic N) is 2. The molecular formula is C19H24N2OS. The van der Waals surface area contributed by atoms with Gasteiger partial charge in [0.15, 0.2) is 0 Å². The molecule has 4 heteroatoms. The van der Waals surface area contributed by atoms with Crippen molar-refractivity contribution in [3.8, 4) is 10.6 Å². The Morgan fingerprint density at radius 2 is 2.09 bits per heavy atom. The van der Waals surface area contributed by atoms with Crippen molar-refractivity contribution in [2.75, 3.05) is 7.05 Å². The molecule has 3 nitrogen and oxygen atoms in total. The molecule has 0 spiro atoms. The van der Waals surface area contributed by atoms with Crippen LogP contribution in [0.4, 0.5) is 0 Å². The molecule has 0 atom stereocenters. The standard InChI is InChI=1S/C19H24N2OS/c1-14-7-6-8-15(11-14)19-20-16(13-23-19)12-18(22)21(2)17-9-4-3-5-10-17/h6-8,11,13,17H,3-5,9-10,12H2,1-2H3. The fourth-order valence-electron chi connectivity index (χ4n) is 3.25. The molecule has 23 heavy (non-hydrogen) atoms. The first-order valence-electron chi connectivity index (χ1n) is 8.40. The number of carbonyl (C=O) groups excluding carboxylic acids is 1. The van der Waals surface area contributed by atoms with Crippen molar-refractivity contribution in [2.45, 2.75) is 51.5 Å². The number of amides is 1. The van der Waals surface area contributed by atoms with Gasteiger partial charge in [0.25, 0.3) is 0 Å². The van der Waals surface area contributed by atoms with Gasteiger partial charge in [0.2, 0.25) is 5.91 Å². The van der Waals surface area contributed by atoms with E-state index in [0.717, 1.165) is 29.1 Å². The summed E-state index contributed by atoms with van der Waals surface area (Å²) in [5, 5.41) is 3.02. The predicted octanol–water partition coefficient (Wildman–Crippen LogP) is 4.45. The van der Waals surface area contributed by atoms with Gasteiger partial charge in [0.05, 0.1) is 12.1 Å². The first kappa shape index (κ1) is 16.2. The lowest BCUT2D eigenvalue weighted by molar-refractivity contribution is -0.131. The highest BCUT2D eigenvalue weighted by Gasteiger charge is 2.22. The van der Waals surface area contributed by atoms with Crippen LogP contribution in [0, 0.1) is 6.92 Å². The van der Waals surface area contributed by atoms with E-state index < -0.39 is 0 Å². The number of thiazole rings is 1. The van der Waals surface area contributed by atoms with Crippen LogP contribution in [0.2, 0.25) is 0 Å². The Labute approximate surface area is 142 Å². The SMILES string of the molecule is Cc1cccc(-c2nc(CC(=O)N(C)C3CCCCC3)cs2)c1. The van der Waals surface area contributed by atoms with Crippen LogP contribution >= 0.6 is 11.3 Å². The smallest absolute Gasteiger partial charge is 0.228 e. The lowest BCUT2D eigenvalue weighted by atomic mass is 9.94. The monoisotopic (exact) mass is 328 g/mol. The fraction of sp³-hybridized carbons (Fsp3) is 0.474. The summed E-state index contributed by atoms with van der Waals surface area (Å²) in [4.78, 5) is 19.1. The van der Waals surface area contributed by atoms with Crippen LogP contribution in [0.3, 0.4) is 0 Å². The average molecular weight is 328 g/mol. The van der Waals surface area contributed by atoms with Crippen molar-refractivity contribution >= 4 is 17.2 Å². The van der Waals surface area contributed by atoms with Crippen LogP contribution in [0.25, 0.3) is 10.6 Å². The van der Waals surface area contributed by atoms with Crippen LogP contribution in [-0.2, 0) is 11.2 Å². The third-order valence-corrected chi connectivity index (χ3v) is 5.61. The molecule has 1 heterocycles. The molecule has 2 aromatic rings. The highest BCUT2D eigenvalue weighted by molar-refractivity contribution is 7.13. The zero-order valence-electron chi connectivity index (χ0n) is 13.9. The molecule has 1 amide bonds. The van der Waals surface area contributed by atoms with E-state index in [-0.39, 0.29) is 5.91 Å². The Balaban J connectivity index is 1.65. The van der Waals surface area contributed by atoms with E-state index in [1.54, 1.807) is 11.3 Å². The molecule has 0 saturated heterocycles. The van der Waals surface area contributed by atoms with Gasteiger partial charge < -0.3 is 4.90 Å². The van der Waals surface area contributed by atoms with E-state index in [9.17, 15) is 4.79 Å². The number of benzene rings is 1. The van der Waals surface area contributed by atoms with E-state index >= 15 is 0 Å². The lowest BCUT2D eigenvalue weighted by Crippen LogP contribution is -2.39. The van der Waals surface area contributed by atoms with Crippen molar-refractivity contribution < 1.29 is 4.79 Å². The molecule has 1 fully saturated rings. The fourth-order valence-corrected chi connectivity index (χ4v) is 4.07. The molecule has 1 saturated carbocycles. The van der Waals surface area contributed by atoms with Gasteiger partial charge in [-0.1, -0.05) is 43.0 Å². The predicted molar refractivity (Wildman–Crippen MR) is 95.6 cm³/mol. The van der Waals surface area contributed by atoms with Crippen LogP contribution in [0.15, 0.2) is 29.6 Å². The highest BCUT2D eigenvalue weighted by Crippen LogP contribution is 2.26. The van der Waals surface area contributed by atoms with E-state index in [1.807, 2.05) is 23.4 Å². The summed E-state index contributed by atoms with van der Waals surface area (Å²) < 4.78 is 0. The van der Waals surface area contributed by atoms with Gasteiger partial charge in [-0.25, -0.2) is 4.98 Å². The van der Waals surface area contributed by atoms with Gasteiger partial charge in [-0.3, -0.25) is 4.79 Å². The van der Waals surface area contributed by atoms with Crippen molar-refractivity contribution in [1.29, 1.82) is 0 Å². The summed E-state index contributed by atoms with van der Waals surface area (Å²) in [5.74, 6) is 0.193. The topological polar surface area (TPSA) is 33.2 Å². The van der Waals surface area contributed by atoms with E-state index in [1.165, 1.54) is 24.8 Å². The van der Waals surface area contributed by atoms with Gasteiger partial charge in [0.1, 0.15) is 5.01 Å². The minimum absolute atomic E-state index is 0.193. The highest BCUT2D eigenvalue weighted by atomic mass is 32.1. The molecule has 1 aromatic heterocycles. The molecule has 1 aromatic carbocycles. The van der Waals surface area contributed by atoms with Crippen LogP contribution < -0.4 is 0 Å². The third kappa shape index (κ3) is 3.99. The van der Waals surface area contributed by atoms with Crippen molar-refractivity contribution in [3.05, 3.63) is 40.9 Å². The molecule has 1 aliphatic carbocycles. The molecule has 0 bridgehead atoms. The number of hydrogen-bond donors (Lipinski definition) is 0. The maximum Gasteiger partial charge on any atom is 0.228 e. The van der Waals surface area contributed by atoms with Crippen molar-refractivity contribution in [2.24, 2.45) is 0 Å². The number of aromatic nitrogens is 1. The Kier molecular flexibility index (Phi) is 5.11. The first-order chi connectivity index (χ1) is 11.1. The zero-order valence-corrected chi connectivity index (χ0v) is 14.7. The summed E-state index contributed by atoms with van der Waals surface area (Å²) in [5.41, 5.74) is 3.25. The first-order valence-corrected chi connectivity index (χ1v) is 9.28. The van der Waals surface area contributed by atoms with Crippen LogP contribution in [-0.4, -0.2) is 28.9 Å². The number of rotatable bonds is 4. The number of likely N-dealkylation sites (N-methyl/N-ethyl adjacent to an activating group) is 1. The van der Waals surface area contributed by atoms with E-state index in [2.05, 4.69) is 30.1 Å². The van der Waals surface area contributed by atoms with Crippen LogP contribution in [0.1, 0.15) is 43.4 Å². The second kappa shape index (κ2) is 7.26. The minimum atomic E-state index is 0.193. The molecule has 0 unspecified atom stereocenters. The van der Waals surface area contributed by atoms with Gasteiger partial charge >= 0.3 is 0 Å². The summed E-state index contributed by atoms with van der Waals surface area (Å²) >= 11 is 1.62. The molecular weight excluding hydrogens is 304 g/mol. The Morgan fingerprint density at radius 3 is 2.83 bits per heavy atom. The van der Waals surface area contributed by atoms with Crippen molar-refractivity contribution in [1.82, 2.24) is 9.88 Å². The number of carbonyl (C=O) groups is 1. The average Bonchev–Trinajstić information content (AvgIpc) is 3.03. The van der Waals surface area contributed by atoms with Crippen molar-refractivity contribution in [3.63, 3.8) is 0 Å². The Morgan fingerprint density at radius 1 is 1.30 bits per heavy atom. The Hall–Kier alpha value is -1.68. The van der Waals surface area contributed by atoms with Gasteiger partial charge in [0, 0.05) is 24.0 Å². The summed E-state index contributed by atoms with van der Waals surface area (Å²) in [6, 6.07) is 8.77. The lowest BCUT2D eigenvalue weighted by Gasteiger charge is -2.31. The second-order valence-corrected chi connectivity index (χ2v) is 7.34. The Bertz CT molecular complexity index is 674. The normalized spacial score (nSPS) is 15.6. The molecule has 0 N–H and O–H groups in total.